The predicted molar refractivity (Wildman–Crippen MR) is 80.3 cm³/mol. The first-order valence-corrected chi connectivity index (χ1v) is 6.91. The lowest BCUT2D eigenvalue weighted by Gasteiger charge is -2.29. The van der Waals surface area contributed by atoms with Gasteiger partial charge in [0.05, 0.1) is 11.5 Å². The maximum Gasteiger partial charge on any atom is 0.426 e. The van der Waals surface area contributed by atoms with Crippen molar-refractivity contribution in [2.75, 3.05) is 6.61 Å². The van der Waals surface area contributed by atoms with Crippen LogP contribution < -0.4 is 5.43 Å². The zero-order valence-corrected chi connectivity index (χ0v) is 13.3. The third-order valence-electron chi connectivity index (χ3n) is 2.73. The van der Waals surface area contributed by atoms with Crippen molar-refractivity contribution in [1.29, 1.82) is 0 Å². The highest BCUT2D eigenvalue weighted by molar-refractivity contribution is 5.78. The Morgan fingerprint density at radius 1 is 1.25 bits per heavy atom. The quantitative estimate of drug-likeness (QED) is 0.374. The molecule has 0 heterocycles. The summed E-state index contributed by atoms with van der Waals surface area (Å²) in [5.41, 5.74) is 2.25. The van der Waals surface area contributed by atoms with Gasteiger partial charge in [0.15, 0.2) is 0 Å². The predicted octanol–water partition coefficient (Wildman–Crippen LogP) is 1.67. The van der Waals surface area contributed by atoms with E-state index in [2.05, 4.69) is 5.43 Å². The Kier molecular flexibility index (Phi) is 6.65. The van der Waals surface area contributed by atoms with Crippen molar-refractivity contribution in [1.82, 2.24) is 10.4 Å². The maximum absolute atomic E-state index is 11.8. The number of nitrogens with one attached hydrogen (secondary N) is 1. The minimum absolute atomic E-state index is 0.0767. The molecule has 10 heteroatoms. The molecule has 1 unspecified atom stereocenters. The molecule has 1 N–H and O–H groups in total. The number of amides is 2. The average Bonchev–Trinajstić information content (AvgIpc) is 2.50. The van der Waals surface area contributed by atoms with Crippen LogP contribution in [0.2, 0.25) is 0 Å². The van der Waals surface area contributed by atoms with Crippen LogP contribution in [0, 0.1) is 10.1 Å². The number of nitrogens with zero attached hydrogens (tertiary/aromatic N) is 2. The van der Waals surface area contributed by atoms with Crippen LogP contribution in [-0.4, -0.2) is 34.5 Å². The fraction of sp³-hybridized carbons (Fsp3) is 0.357. The van der Waals surface area contributed by atoms with Crippen LogP contribution >= 0.6 is 0 Å². The first kappa shape index (κ1) is 18.9. The summed E-state index contributed by atoms with van der Waals surface area (Å²) in [6, 6.07) is 5.01. The van der Waals surface area contributed by atoms with Gasteiger partial charge in [-0.2, -0.15) is 0 Å². The standard InChI is InChI=1S/C14H17N3O7/c1-4-23-14(20)15-16(9(2)18)13(24-10(3)19)11-5-7-12(8-6-11)17(21)22/h5-8,13H,4H2,1-3H3,(H,15,20). The summed E-state index contributed by atoms with van der Waals surface area (Å²) in [7, 11) is 0. The number of hydrogen-bond donors (Lipinski definition) is 1. The molecule has 0 radical (unpaired) electrons. The fourth-order valence-corrected chi connectivity index (χ4v) is 1.75. The Bertz CT molecular complexity index is 630. The summed E-state index contributed by atoms with van der Waals surface area (Å²) in [6.07, 6.45) is -2.21. The normalized spacial score (nSPS) is 11.1. The number of hydrazine groups is 1. The van der Waals surface area contributed by atoms with E-state index in [0.29, 0.717) is 0 Å². The lowest BCUT2D eigenvalue weighted by molar-refractivity contribution is -0.384. The van der Waals surface area contributed by atoms with Gasteiger partial charge in [0, 0.05) is 31.5 Å². The summed E-state index contributed by atoms with van der Waals surface area (Å²) in [4.78, 5) is 44.8. The van der Waals surface area contributed by atoms with E-state index in [4.69, 9.17) is 9.47 Å². The molecule has 1 aromatic carbocycles. The smallest absolute Gasteiger partial charge is 0.426 e. The molecule has 24 heavy (non-hydrogen) atoms. The average molecular weight is 339 g/mol. The zero-order chi connectivity index (χ0) is 18.3. The lowest BCUT2D eigenvalue weighted by Crippen LogP contribution is -2.48. The van der Waals surface area contributed by atoms with E-state index < -0.39 is 29.1 Å². The maximum atomic E-state index is 11.8. The Labute approximate surface area is 137 Å². The number of hydrogen-bond acceptors (Lipinski definition) is 7. The van der Waals surface area contributed by atoms with Gasteiger partial charge in [-0.1, -0.05) is 0 Å². The van der Waals surface area contributed by atoms with Crippen LogP contribution in [0.3, 0.4) is 0 Å². The van der Waals surface area contributed by atoms with Crippen LogP contribution in [0.25, 0.3) is 0 Å². The van der Waals surface area contributed by atoms with E-state index in [0.717, 1.165) is 18.9 Å². The van der Waals surface area contributed by atoms with E-state index in [1.54, 1.807) is 6.92 Å². The number of nitro benzene ring substituents is 1. The molecule has 0 aliphatic rings. The molecule has 1 rings (SSSR count). The number of benzene rings is 1. The van der Waals surface area contributed by atoms with Gasteiger partial charge in [0.2, 0.25) is 12.1 Å². The number of nitro groups is 1. The molecule has 0 saturated carbocycles. The number of rotatable bonds is 5. The Hall–Kier alpha value is -3.17. The summed E-state index contributed by atoms with van der Waals surface area (Å²) in [5, 5.41) is 11.5. The molecule has 1 atom stereocenters. The van der Waals surface area contributed by atoms with Crippen molar-refractivity contribution in [2.24, 2.45) is 0 Å². The monoisotopic (exact) mass is 339 g/mol. The number of carbonyl (C=O) groups excluding carboxylic acids is 3. The van der Waals surface area contributed by atoms with Crippen LogP contribution in [0.15, 0.2) is 24.3 Å². The molecule has 0 saturated heterocycles. The molecule has 0 bridgehead atoms. The van der Waals surface area contributed by atoms with Crippen LogP contribution in [0.5, 0.6) is 0 Å². The Morgan fingerprint density at radius 2 is 1.83 bits per heavy atom. The molecule has 0 spiro atoms. The highest BCUT2D eigenvalue weighted by Gasteiger charge is 2.28. The summed E-state index contributed by atoms with van der Waals surface area (Å²) < 4.78 is 9.76. The third kappa shape index (κ3) is 5.23. The topological polar surface area (TPSA) is 128 Å². The molecule has 0 aliphatic carbocycles. The second kappa shape index (κ2) is 8.46. The van der Waals surface area contributed by atoms with Crippen molar-refractivity contribution in [3.05, 3.63) is 39.9 Å². The van der Waals surface area contributed by atoms with Gasteiger partial charge in [0.1, 0.15) is 0 Å². The minimum Gasteiger partial charge on any atom is -0.449 e. The second-order valence-electron chi connectivity index (χ2n) is 4.53. The summed E-state index contributed by atoms with van der Waals surface area (Å²) in [5.74, 6) is -1.34. The largest absolute Gasteiger partial charge is 0.449 e. The van der Waals surface area contributed by atoms with Gasteiger partial charge in [-0.05, 0) is 19.1 Å². The molecule has 0 aliphatic heterocycles. The van der Waals surface area contributed by atoms with Crippen LogP contribution in [0.1, 0.15) is 32.6 Å². The molecule has 130 valence electrons. The first-order valence-electron chi connectivity index (χ1n) is 6.91. The minimum atomic E-state index is -1.30. The van der Waals surface area contributed by atoms with Gasteiger partial charge in [-0.3, -0.25) is 19.7 Å². The summed E-state index contributed by atoms with van der Waals surface area (Å²) >= 11 is 0. The molecule has 0 aromatic heterocycles. The molecular weight excluding hydrogens is 322 g/mol. The second-order valence-corrected chi connectivity index (χ2v) is 4.53. The lowest BCUT2D eigenvalue weighted by atomic mass is 10.1. The number of carbonyl (C=O) groups is 3. The first-order chi connectivity index (χ1) is 11.3. The van der Waals surface area contributed by atoms with E-state index in [1.807, 2.05) is 0 Å². The highest BCUT2D eigenvalue weighted by Crippen LogP contribution is 2.24. The number of ether oxygens (including phenoxy) is 2. The Balaban J connectivity index is 3.15. The number of non-ortho nitro benzene ring substituents is 1. The van der Waals surface area contributed by atoms with E-state index >= 15 is 0 Å². The van der Waals surface area contributed by atoms with Gasteiger partial charge in [-0.15, -0.1) is 0 Å². The van der Waals surface area contributed by atoms with E-state index in [9.17, 15) is 24.5 Å². The van der Waals surface area contributed by atoms with Crippen LogP contribution in [0.4, 0.5) is 10.5 Å². The van der Waals surface area contributed by atoms with Crippen molar-refractivity contribution in [2.45, 2.75) is 27.0 Å². The zero-order valence-electron chi connectivity index (χ0n) is 13.3. The van der Waals surface area contributed by atoms with Gasteiger partial charge >= 0.3 is 12.1 Å². The van der Waals surface area contributed by atoms with Crippen molar-refractivity contribution in [3.63, 3.8) is 0 Å². The van der Waals surface area contributed by atoms with Crippen LogP contribution in [-0.2, 0) is 19.1 Å². The SMILES string of the molecule is CCOC(=O)NN(C(C)=O)C(OC(C)=O)c1ccc([N+](=O)[O-])cc1. The molecule has 1 aromatic rings. The molecular formula is C14H17N3O7. The highest BCUT2D eigenvalue weighted by atomic mass is 16.6. The Morgan fingerprint density at radius 3 is 2.25 bits per heavy atom. The van der Waals surface area contributed by atoms with E-state index in [1.165, 1.54) is 24.3 Å². The fourth-order valence-electron chi connectivity index (χ4n) is 1.75. The molecule has 0 fully saturated rings. The van der Waals surface area contributed by atoms with Gasteiger partial charge in [0.25, 0.3) is 5.69 Å². The van der Waals surface area contributed by atoms with Crippen molar-refractivity contribution in [3.8, 4) is 0 Å². The third-order valence-corrected chi connectivity index (χ3v) is 2.73. The van der Waals surface area contributed by atoms with Crippen molar-refractivity contribution < 1.29 is 28.8 Å². The van der Waals surface area contributed by atoms with E-state index in [-0.39, 0.29) is 17.9 Å². The summed E-state index contributed by atoms with van der Waals surface area (Å²) in [6.45, 7) is 3.93. The van der Waals surface area contributed by atoms with Gasteiger partial charge < -0.3 is 9.47 Å². The molecule has 2 amide bonds. The molecule has 10 nitrogen and oxygen atoms in total. The van der Waals surface area contributed by atoms with Gasteiger partial charge in [-0.25, -0.2) is 15.2 Å². The van der Waals surface area contributed by atoms with Crippen molar-refractivity contribution >= 4 is 23.7 Å². The number of esters is 1.